The van der Waals surface area contributed by atoms with Crippen LogP contribution in [-0.4, -0.2) is 32.0 Å². The van der Waals surface area contributed by atoms with Crippen molar-refractivity contribution < 1.29 is 9.90 Å². The first-order valence-electron chi connectivity index (χ1n) is 9.99. The number of hydrogen-bond acceptors (Lipinski definition) is 4. The molecule has 2 unspecified atom stereocenters. The maximum Gasteiger partial charge on any atom is 0.251 e. The summed E-state index contributed by atoms with van der Waals surface area (Å²) in [7, 11) is 0. The lowest BCUT2D eigenvalue weighted by atomic mass is 9.99. The number of aromatic nitrogens is 3. The summed E-state index contributed by atoms with van der Waals surface area (Å²) in [5.74, 6) is 1.75. The van der Waals surface area contributed by atoms with Crippen molar-refractivity contribution in [2.45, 2.75) is 57.7 Å². The molecule has 4 rings (SSSR count). The molecule has 2 aromatic rings. The van der Waals surface area contributed by atoms with E-state index in [9.17, 15) is 9.90 Å². The van der Waals surface area contributed by atoms with Crippen LogP contribution in [0.4, 0.5) is 0 Å². The summed E-state index contributed by atoms with van der Waals surface area (Å²) < 4.78 is 1.91. The van der Waals surface area contributed by atoms with E-state index in [2.05, 4.69) is 22.6 Å². The van der Waals surface area contributed by atoms with Gasteiger partial charge >= 0.3 is 0 Å². The summed E-state index contributed by atoms with van der Waals surface area (Å²) in [5, 5.41) is 22.3. The third-order valence-corrected chi connectivity index (χ3v) is 6.58. The number of benzene rings is 1. The Labute approximate surface area is 170 Å². The molecular formula is C21H27ClN4O2. The van der Waals surface area contributed by atoms with Gasteiger partial charge in [0.1, 0.15) is 11.3 Å². The monoisotopic (exact) mass is 402 g/mol. The number of carbonyl (C=O) groups excluding carboxylic acids is 1. The highest BCUT2D eigenvalue weighted by atomic mass is 35.5. The molecule has 0 bridgehead atoms. The second-order valence-corrected chi connectivity index (χ2v) is 9.10. The quantitative estimate of drug-likeness (QED) is 0.774. The number of hydrogen-bond donors (Lipinski definition) is 2. The Morgan fingerprint density at radius 3 is 2.50 bits per heavy atom. The van der Waals surface area contributed by atoms with Gasteiger partial charge in [-0.1, -0.05) is 23.7 Å². The first-order valence-corrected chi connectivity index (χ1v) is 10.4. The van der Waals surface area contributed by atoms with E-state index in [1.807, 2.05) is 10.9 Å². The summed E-state index contributed by atoms with van der Waals surface area (Å²) in [4.78, 5) is 12.6. The number of aliphatic hydroxyl groups is 1. The van der Waals surface area contributed by atoms with E-state index >= 15 is 0 Å². The van der Waals surface area contributed by atoms with Crippen LogP contribution in [0.5, 0.6) is 0 Å². The van der Waals surface area contributed by atoms with Crippen LogP contribution in [-0.2, 0) is 5.60 Å². The molecule has 2 aliphatic carbocycles. The Kier molecular flexibility index (Phi) is 4.96. The van der Waals surface area contributed by atoms with Gasteiger partial charge in [-0.2, -0.15) is 0 Å². The predicted molar refractivity (Wildman–Crippen MR) is 107 cm³/mol. The van der Waals surface area contributed by atoms with E-state index in [4.69, 9.17) is 11.6 Å². The topological polar surface area (TPSA) is 80.0 Å². The Morgan fingerprint density at radius 1 is 1.32 bits per heavy atom. The molecule has 2 saturated carbocycles. The third-order valence-electron chi connectivity index (χ3n) is 6.32. The molecule has 1 amide bonds. The minimum absolute atomic E-state index is 0.0314. The minimum atomic E-state index is -0.971. The number of nitrogens with one attached hydrogen (secondary N) is 1. The molecule has 2 aliphatic rings. The molecule has 0 radical (unpaired) electrons. The summed E-state index contributed by atoms with van der Waals surface area (Å²) in [5.41, 5.74) is 0.279. The Bertz CT molecular complexity index is 846. The number of carbonyl (C=O) groups is 1. The van der Waals surface area contributed by atoms with Gasteiger partial charge in [0.2, 0.25) is 0 Å². The van der Waals surface area contributed by atoms with Gasteiger partial charge in [0, 0.05) is 16.6 Å². The molecule has 5 atom stereocenters. The zero-order chi connectivity index (χ0) is 20.1. The summed E-state index contributed by atoms with van der Waals surface area (Å²) in [6.07, 6.45) is 4.90. The van der Waals surface area contributed by atoms with Gasteiger partial charge in [-0.05, 0) is 75.1 Å². The van der Waals surface area contributed by atoms with Crippen LogP contribution in [0.15, 0.2) is 30.5 Å². The van der Waals surface area contributed by atoms with E-state index in [0.717, 1.165) is 19.3 Å². The molecule has 150 valence electrons. The smallest absolute Gasteiger partial charge is 0.251 e. The zero-order valence-corrected chi connectivity index (χ0v) is 17.2. The van der Waals surface area contributed by atoms with E-state index in [0.29, 0.717) is 40.1 Å². The van der Waals surface area contributed by atoms with Gasteiger partial charge in [-0.15, -0.1) is 5.10 Å². The Morgan fingerprint density at radius 2 is 1.96 bits per heavy atom. The molecule has 2 N–H and O–H groups in total. The minimum Gasteiger partial charge on any atom is -0.384 e. The van der Waals surface area contributed by atoms with Crippen molar-refractivity contribution in [3.8, 4) is 0 Å². The molecule has 0 spiro atoms. The standard InChI is InChI=1S/C21H27ClN4O2/c1-4-17(23-20(27)12-5-7-13(22)8-6-12)19-15-9-14(10-16(15)19)26-11-18(24-25-26)21(2,3)28/h5-8,11,14-17,19,28H,4,9-10H2,1-3H3,(H,23,27)/t14?,15-,16+,17-,19?/m1/s1. The van der Waals surface area contributed by atoms with Crippen molar-refractivity contribution in [1.29, 1.82) is 0 Å². The fourth-order valence-corrected chi connectivity index (χ4v) is 4.86. The molecule has 1 aromatic heterocycles. The van der Waals surface area contributed by atoms with Crippen molar-refractivity contribution in [2.75, 3.05) is 0 Å². The average molecular weight is 403 g/mol. The van der Waals surface area contributed by atoms with Crippen LogP contribution >= 0.6 is 11.6 Å². The van der Waals surface area contributed by atoms with Crippen LogP contribution in [0.1, 0.15) is 62.1 Å². The highest BCUT2D eigenvalue weighted by molar-refractivity contribution is 6.30. The van der Waals surface area contributed by atoms with Crippen LogP contribution in [0, 0.1) is 17.8 Å². The van der Waals surface area contributed by atoms with Gasteiger partial charge in [-0.25, -0.2) is 4.68 Å². The van der Waals surface area contributed by atoms with Crippen LogP contribution < -0.4 is 5.32 Å². The van der Waals surface area contributed by atoms with E-state index in [1.54, 1.807) is 38.1 Å². The van der Waals surface area contributed by atoms with Crippen molar-refractivity contribution in [3.63, 3.8) is 0 Å². The van der Waals surface area contributed by atoms with Gasteiger partial charge in [-0.3, -0.25) is 4.79 Å². The molecule has 1 aromatic carbocycles. The third kappa shape index (κ3) is 3.67. The van der Waals surface area contributed by atoms with Crippen LogP contribution in [0.2, 0.25) is 5.02 Å². The normalized spacial score (nSPS) is 27.3. The number of amides is 1. The van der Waals surface area contributed by atoms with Crippen LogP contribution in [0.3, 0.4) is 0 Å². The largest absolute Gasteiger partial charge is 0.384 e. The highest BCUT2D eigenvalue weighted by Gasteiger charge is 2.59. The maximum absolute atomic E-state index is 12.6. The van der Waals surface area contributed by atoms with Gasteiger partial charge in [0.25, 0.3) is 5.91 Å². The second kappa shape index (κ2) is 7.16. The van der Waals surface area contributed by atoms with Gasteiger partial charge in [0.05, 0.1) is 12.2 Å². The fourth-order valence-electron chi connectivity index (χ4n) is 4.73. The maximum atomic E-state index is 12.6. The average Bonchev–Trinajstić information content (AvgIpc) is 3.05. The summed E-state index contributed by atoms with van der Waals surface area (Å²) in [6, 6.07) is 7.54. The van der Waals surface area contributed by atoms with E-state index < -0.39 is 5.60 Å². The summed E-state index contributed by atoms with van der Waals surface area (Å²) >= 11 is 5.91. The zero-order valence-electron chi connectivity index (χ0n) is 16.5. The van der Waals surface area contributed by atoms with Gasteiger partial charge in [0.15, 0.2) is 0 Å². The highest BCUT2D eigenvalue weighted by Crippen LogP contribution is 2.62. The summed E-state index contributed by atoms with van der Waals surface area (Å²) in [6.45, 7) is 5.57. The molecular weight excluding hydrogens is 376 g/mol. The molecule has 2 fully saturated rings. The van der Waals surface area contributed by atoms with Crippen molar-refractivity contribution in [2.24, 2.45) is 17.8 Å². The Balaban J connectivity index is 1.35. The molecule has 0 aliphatic heterocycles. The molecule has 0 saturated heterocycles. The second-order valence-electron chi connectivity index (χ2n) is 8.67. The van der Waals surface area contributed by atoms with Crippen molar-refractivity contribution in [3.05, 3.63) is 46.7 Å². The first-order chi connectivity index (χ1) is 13.3. The van der Waals surface area contributed by atoms with Crippen molar-refractivity contribution >= 4 is 17.5 Å². The first kappa shape index (κ1) is 19.4. The number of fused-ring (bicyclic) bond motifs is 1. The number of nitrogens with zero attached hydrogens (tertiary/aromatic N) is 3. The number of rotatable bonds is 6. The predicted octanol–water partition coefficient (Wildman–Crippen LogP) is 3.56. The molecule has 1 heterocycles. The lowest BCUT2D eigenvalue weighted by molar-refractivity contribution is 0.0737. The van der Waals surface area contributed by atoms with E-state index in [1.165, 1.54) is 0 Å². The van der Waals surface area contributed by atoms with E-state index in [-0.39, 0.29) is 11.9 Å². The lowest BCUT2D eigenvalue weighted by Gasteiger charge is -2.21. The van der Waals surface area contributed by atoms with Crippen LogP contribution in [0.25, 0.3) is 0 Å². The SMILES string of the molecule is CC[C@@H](NC(=O)c1ccc(Cl)cc1)C1[C@H]2CC(n3cc(C(C)(C)O)nn3)C[C@@H]12. The molecule has 28 heavy (non-hydrogen) atoms. The number of halogens is 1. The fraction of sp³-hybridized carbons (Fsp3) is 0.571. The van der Waals surface area contributed by atoms with Crippen molar-refractivity contribution in [1.82, 2.24) is 20.3 Å². The molecule has 6 nitrogen and oxygen atoms in total. The molecule has 7 heteroatoms. The Hall–Kier alpha value is -1.92. The van der Waals surface area contributed by atoms with Gasteiger partial charge < -0.3 is 10.4 Å². The lowest BCUT2D eigenvalue weighted by Crippen LogP contribution is -2.37.